The van der Waals surface area contributed by atoms with Crippen LogP contribution in [0.15, 0.2) is 24.3 Å². The fourth-order valence-corrected chi connectivity index (χ4v) is 7.43. The second-order valence-corrected chi connectivity index (χ2v) is 17.7. The molecule has 0 amide bonds. The topological polar surface area (TPSA) is 119 Å². The molecule has 0 aliphatic rings. The third-order valence-corrected chi connectivity index (χ3v) is 11.2. The summed E-state index contributed by atoms with van der Waals surface area (Å²) in [6, 6.07) is 0. The Labute approximate surface area is 351 Å². The van der Waals surface area contributed by atoms with E-state index in [4.69, 9.17) is 19.3 Å². The minimum absolute atomic E-state index is 0.211. The van der Waals surface area contributed by atoms with Crippen molar-refractivity contribution >= 4 is 19.8 Å². The van der Waals surface area contributed by atoms with E-state index in [0.717, 1.165) is 51.4 Å². The number of rotatable bonds is 45. The van der Waals surface area contributed by atoms with Crippen LogP contribution in [0.4, 0.5) is 0 Å². The van der Waals surface area contributed by atoms with Gasteiger partial charge in [0.25, 0.3) is 0 Å². The zero-order valence-corrected chi connectivity index (χ0v) is 38.1. The highest BCUT2D eigenvalue weighted by Gasteiger charge is 2.23. The monoisotopic (exact) mass is 827 g/mol. The van der Waals surface area contributed by atoms with Crippen molar-refractivity contribution in [3.05, 3.63) is 24.3 Å². The number of hydrogen-bond donors (Lipinski definition) is 2. The number of hydrogen-bond acceptors (Lipinski definition) is 6. The number of phosphoric ester groups is 1. The third kappa shape index (κ3) is 47.1. The molecule has 8 nitrogen and oxygen atoms in total. The zero-order valence-electron chi connectivity index (χ0n) is 37.3. The molecule has 0 bridgehead atoms. The first-order valence-electron chi connectivity index (χ1n) is 24.1. The number of carbonyl (C=O) groups is 2. The average Bonchev–Trinajstić information content (AvgIpc) is 3.18. The van der Waals surface area contributed by atoms with Gasteiger partial charge in [0.2, 0.25) is 0 Å². The van der Waals surface area contributed by atoms with Gasteiger partial charge in [0.05, 0.1) is 6.61 Å². The fourth-order valence-electron chi connectivity index (χ4n) is 7.07. The first kappa shape index (κ1) is 55.5. The van der Waals surface area contributed by atoms with Gasteiger partial charge in [0, 0.05) is 12.8 Å². The van der Waals surface area contributed by atoms with Crippen LogP contribution in [0.1, 0.15) is 251 Å². The maximum absolute atomic E-state index is 12.5. The molecule has 0 aromatic heterocycles. The lowest BCUT2D eigenvalue weighted by Crippen LogP contribution is -2.29. The number of esters is 2. The lowest BCUT2D eigenvalue weighted by Gasteiger charge is -2.18. The minimum Gasteiger partial charge on any atom is -0.462 e. The summed E-state index contributed by atoms with van der Waals surface area (Å²) in [6.45, 7) is 3.71. The van der Waals surface area contributed by atoms with Gasteiger partial charge >= 0.3 is 19.8 Å². The Bertz CT molecular complexity index is 977. The van der Waals surface area contributed by atoms with E-state index in [9.17, 15) is 14.2 Å². The highest BCUT2D eigenvalue weighted by Crippen LogP contribution is 2.36. The molecule has 0 radical (unpaired) electrons. The quantitative estimate of drug-likeness (QED) is 0.0270. The third-order valence-electron chi connectivity index (χ3n) is 10.7. The number of carbonyl (C=O) groups excluding carboxylic acids is 2. The molecule has 0 heterocycles. The van der Waals surface area contributed by atoms with Crippen molar-refractivity contribution in [1.29, 1.82) is 0 Å². The van der Waals surface area contributed by atoms with Gasteiger partial charge in [0.1, 0.15) is 6.61 Å². The molecule has 1 atom stereocenters. The normalized spacial score (nSPS) is 12.6. The molecule has 2 N–H and O–H groups in total. The van der Waals surface area contributed by atoms with Gasteiger partial charge < -0.3 is 19.3 Å². The molecular weight excluding hydrogens is 735 g/mol. The molecule has 0 rings (SSSR count). The Balaban J connectivity index is 3.84. The summed E-state index contributed by atoms with van der Waals surface area (Å²) in [6.07, 6.45) is 51.9. The van der Waals surface area contributed by atoms with Crippen LogP contribution in [-0.4, -0.2) is 41.0 Å². The Kier molecular flexibility index (Phi) is 43.0. The van der Waals surface area contributed by atoms with E-state index in [-0.39, 0.29) is 19.4 Å². The maximum Gasteiger partial charge on any atom is 0.469 e. The highest BCUT2D eigenvalue weighted by molar-refractivity contribution is 7.46. The van der Waals surface area contributed by atoms with E-state index in [0.29, 0.717) is 6.42 Å². The maximum atomic E-state index is 12.5. The molecular formula is C48H91O8P. The predicted molar refractivity (Wildman–Crippen MR) is 239 cm³/mol. The number of phosphoric acid groups is 1. The van der Waals surface area contributed by atoms with E-state index in [1.54, 1.807) is 0 Å². The molecule has 57 heavy (non-hydrogen) atoms. The van der Waals surface area contributed by atoms with Crippen LogP contribution in [-0.2, 0) is 28.2 Å². The van der Waals surface area contributed by atoms with E-state index in [2.05, 4.69) is 42.7 Å². The van der Waals surface area contributed by atoms with Crippen molar-refractivity contribution in [3.8, 4) is 0 Å². The molecule has 0 aromatic carbocycles. The summed E-state index contributed by atoms with van der Waals surface area (Å²) >= 11 is 0. The molecule has 0 saturated carbocycles. The summed E-state index contributed by atoms with van der Waals surface area (Å²) in [5, 5.41) is 0. The molecule has 0 spiro atoms. The highest BCUT2D eigenvalue weighted by atomic mass is 31.2. The summed E-state index contributed by atoms with van der Waals surface area (Å²) < 4.78 is 26.5. The lowest BCUT2D eigenvalue weighted by molar-refractivity contribution is -0.161. The van der Waals surface area contributed by atoms with Crippen LogP contribution >= 0.6 is 7.82 Å². The van der Waals surface area contributed by atoms with Crippen LogP contribution in [0.5, 0.6) is 0 Å². The Morgan fingerprint density at radius 3 is 1.07 bits per heavy atom. The first-order valence-corrected chi connectivity index (χ1v) is 25.7. The minimum atomic E-state index is -4.76. The smallest absolute Gasteiger partial charge is 0.462 e. The van der Waals surface area contributed by atoms with E-state index < -0.39 is 32.5 Å². The number of unbranched alkanes of at least 4 members (excludes halogenated alkanes) is 31. The van der Waals surface area contributed by atoms with E-state index >= 15 is 0 Å². The average molecular weight is 827 g/mol. The predicted octanol–water partition coefficient (Wildman–Crippen LogP) is 15.1. The van der Waals surface area contributed by atoms with Gasteiger partial charge in [-0.1, -0.05) is 199 Å². The van der Waals surface area contributed by atoms with E-state index in [1.807, 2.05) is 0 Å². The Hall–Kier alpha value is -1.47. The second kappa shape index (κ2) is 44.1. The van der Waals surface area contributed by atoms with E-state index in [1.165, 1.54) is 167 Å². The lowest BCUT2D eigenvalue weighted by atomic mass is 10.1. The van der Waals surface area contributed by atoms with Crippen LogP contribution < -0.4 is 0 Å². The van der Waals surface area contributed by atoms with Crippen LogP contribution in [0.2, 0.25) is 0 Å². The largest absolute Gasteiger partial charge is 0.469 e. The molecule has 0 fully saturated rings. The van der Waals surface area contributed by atoms with Gasteiger partial charge in [-0.25, -0.2) is 4.57 Å². The van der Waals surface area contributed by atoms with Crippen molar-refractivity contribution in [2.75, 3.05) is 13.2 Å². The van der Waals surface area contributed by atoms with Gasteiger partial charge in [0.15, 0.2) is 6.10 Å². The van der Waals surface area contributed by atoms with Gasteiger partial charge in [-0.2, -0.15) is 0 Å². The van der Waals surface area contributed by atoms with Crippen molar-refractivity contribution < 1.29 is 37.9 Å². The fraction of sp³-hybridized carbons (Fsp3) is 0.875. The molecule has 9 heteroatoms. The second-order valence-electron chi connectivity index (χ2n) is 16.4. The number of ether oxygens (including phenoxy) is 2. The molecule has 336 valence electrons. The van der Waals surface area contributed by atoms with Crippen molar-refractivity contribution in [3.63, 3.8) is 0 Å². The summed E-state index contributed by atoms with van der Waals surface area (Å²) in [7, 11) is -4.76. The van der Waals surface area contributed by atoms with Crippen LogP contribution in [0, 0.1) is 0 Å². The van der Waals surface area contributed by atoms with Gasteiger partial charge in [-0.15, -0.1) is 0 Å². The SMILES string of the molecule is CCCCCCCCC/C=C\CCCCCCCCCC(=O)OCC(COP(=O)(O)O)OC(=O)CCCCCCCCCCC/C=C\CCCCCCCCCC. The van der Waals surface area contributed by atoms with Crippen molar-refractivity contribution in [1.82, 2.24) is 0 Å². The molecule has 0 aliphatic heterocycles. The summed E-state index contributed by atoms with van der Waals surface area (Å²) in [5.74, 6) is -0.881. The van der Waals surface area contributed by atoms with Gasteiger partial charge in [-0.05, 0) is 64.2 Å². The Morgan fingerprint density at radius 1 is 0.439 bits per heavy atom. The van der Waals surface area contributed by atoms with Crippen molar-refractivity contribution in [2.24, 2.45) is 0 Å². The Morgan fingerprint density at radius 2 is 0.737 bits per heavy atom. The molecule has 0 aromatic rings. The first-order chi connectivity index (χ1) is 27.8. The van der Waals surface area contributed by atoms with Gasteiger partial charge in [-0.3, -0.25) is 14.1 Å². The standard InChI is InChI=1S/C48H91O8P/c1-3-5-7-9-11-13-15-17-19-21-23-24-25-27-29-31-33-35-37-39-41-43-48(50)56-46(45-55-57(51,52)53)44-54-47(49)42-40-38-36-34-32-30-28-26-22-20-18-16-14-12-10-8-6-4-2/h20-23,46H,3-19,24-45H2,1-2H3,(H2,51,52,53)/b22-20-,23-21-. The van der Waals surface area contributed by atoms with Crippen molar-refractivity contribution in [2.45, 2.75) is 258 Å². The zero-order chi connectivity index (χ0) is 41.8. The molecule has 0 aliphatic carbocycles. The summed E-state index contributed by atoms with van der Waals surface area (Å²) in [4.78, 5) is 43.0. The number of allylic oxidation sites excluding steroid dienone is 4. The summed E-state index contributed by atoms with van der Waals surface area (Å²) in [5.41, 5.74) is 0. The molecule has 1 unspecified atom stereocenters. The van der Waals surface area contributed by atoms with Crippen LogP contribution in [0.3, 0.4) is 0 Å². The van der Waals surface area contributed by atoms with Crippen LogP contribution in [0.25, 0.3) is 0 Å². The molecule has 0 saturated heterocycles.